The molecule has 1 saturated heterocycles. The topological polar surface area (TPSA) is 41.1 Å². The van der Waals surface area contributed by atoms with Gasteiger partial charge in [-0.05, 0) is 25.9 Å². The first-order chi connectivity index (χ1) is 8.05. The summed E-state index contributed by atoms with van der Waals surface area (Å²) in [6.07, 6.45) is 2.71. The number of hydrogen-bond acceptors (Lipinski definition) is 5. The van der Waals surface area contributed by atoms with E-state index in [4.69, 9.17) is 0 Å². The summed E-state index contributed by atoms with van der Waals surface area (Å²) >= 11 is 1.47. The lowest BCUT2D eigenvalue weighted by atomic mass is 9.96. The molecule has 1 aromatic rings. The third-order valence-electron chi connectivity index (χ3n) is 3.00. The molecular formula is C12H22N4S. The van der Waals surface area contributed by atoms with Crippen molar-refractivity contribution in [3.63, 3.8) is 0 Å². The molecule has 0 amide bonds. The maximum atomic E-state index is 4.52. The largest absolute Gasteiger partial charge is 0.359 e. The van der Waals surface area contributed by atoms with E-state index < -0.39 is 0 Å². The van der Waals surface area contributed by atoms with E-state index in [1.165, 1.54) is 37.5 Å². The number of likely N-dealkylation sites (tertiary alicyclic amines) is 1. The van der Waals surface area contributed by atoms with Crippen molar-refractivity contribution >= 4 is 16.7 Å². The van der Waals surface area contributed by atoms with Gasteiger partial charge in [0.05, 0.1) is 0 Å². The van der Waals surface area contributed by atoms with Crippen LogP contribution in [0.1, 0.15) is 39.4 Å². The van der Waals surface area contributed by atoms with E-state index in [1.807, 2.05) is 0 Å². The summed E-state index contributed by atoms with van der Waals surface area (Å²) in [5, 5.41) is 4.32. The summed E-state index contributed by atoms with van der Waals surface area (Å²) in [6.45, 7) is 11.0. The fraction of sp³-hybridized carbons (Fsp3) is 0.833. The highest BCUT2D eigenvalue weighted by Crippen LogP contribution is 2.22. The van der Waals surface area contributed by atoms with Crippen LogP contribution < -0.4 is 5.32 Å². The van der Waals surface area contributed by atoms with Crippen LogP contribution in [-0.2, 0) is 5.41 Å². The zero-order chi connectivity index (χ0) is 12.3. The van der Waals surface area contributed by atoms with Crippen LogP contribution >= 0.6 is 11.5 Å². The number of hydrogen-bond donors (Lipinski definition) is 1. The van der Waals surface area contributed by atoms with Crippen molar-refractivity contribution in [2.75, 3.05) is 31.5 Å². The normalized spacial score (nSPS) is 17.6. The van der Waals surface area contributed by atoms with Gasteiger partial charge in [0.15, 0.2) is 0 Å². The lowest BCUT2D eigenvalue weighted by Crippen LogP contribution is -2.25. The van der Waals surface area contributed by atoms with Crippen molar-refractivity contribution in [3.8, 4) is 0 Å². The summed E-state index contributed by atoms with van der Waals surface area (Å²) in [4.78, 5) is 7.02. The molecule has 1 fully saturated rings. The second-order valence-corrected chi connectivity index (χ2v) is 6.40. The molecule has 0 aliphatic carbocycles. The zero-order valence-corrected chi connectivity index (χ0v) is 11.8. The molecule has 0 unspecified atom stereocenters. The van der Waals surface area contributed by atoms with Gasteiger partial charge in [0, 0.05) is 30.0 Å². The summed E-state index contributed by atoms with van der Waals surface area (Å²) < 4.78 is 4.39. The Morgan fingerprint density at radius 2 is 2.00 bits per heavy atom. The molecule has 1 aliphatic rings. The average Bonchev–Trinajstić information content (AvgIpc) is 2.86. The maximum absolute atomic E-state index is 4.52. The smallest absolute Gasteiger partial charge is 0.202 e. The van der Waals surface area contributed by atoms with Gasteiger partial charge in [0.1, 0.15) is 5.82 Å². The fourth-order valence-electron chi connectivity index (χ4n) is 1.93. The molecule has 0 atom stereocenters. The molecule has 0 saturated carbocycles. The molecule has 96 valence electrons. The summed E-state index contributed by atoms with van der Waals surface area (Å²) in [5.41, 5.74) is 0.0470. The molecular weight excluding hydrogens is 232 g/mol. The standard InChI is InChI=1S/C12H22N4S/c1-12(2,3)10-14-11(17-15-10)13-6-9-16-7-4-5-8-16/h4-9H2,1-3H3,(H,13,14,15). The highest BCUT2D eigenvalue weighted by molar-refractivity contribution is 7.09. The summed E-state index contributed by atoms with van der Waals surface area (Å²) in [7, 11) is 0. The Balaban J connectivity index is 1.77. The van der Waals surface area contributed by atoms with Gasteiger partial charge >= 0.3 is 0 Å². The van der Waals surface area contributed by atoms with Crippen LogP contribution in [0.2, 0.25) is 0 Å². The van der Waals surface area contributed by atoms with E-state index in [-0.39, 0.29) is 5.41 Å². The van der Waals surface area contributed by atoms with Crippen LogP contribution in [0.3, 0.4) is 0 Å². The second-order valence-electron chi connectivity index (χ2n) is 5.65. The highest BCUT2D eigenvalue weighted by Gasteiger charge is 2.19. The molecule has 17 heavy (non-hydrogen) atoms. The van der Waals surface area contributed by atoms with Crippen molar-refractivity contribution in [2.45, 2.75) is 39.0 Å². The Morgan fingerprint density at radius 3 is 2.59 bits per heavy atom. The molecule has 1 aromatic heterocycles. The van der Waals surface area contributed by atoms with Crippen molar-refractivity contribution < 1.29 is 0 Å². The Labute approximate surface area is 108 Å². The third-order valence-corrected chi connectivity index (χ3v) is 3.67. The molecule has 4 nitrogen and oxygen atoms in total. The van der Waals surface area contributed by atoms with Crippen molar-refractivity contribution in [1.29, 1.82) is 0 Å². The minimum atomic E-state index is 0.0470. The molecule has 2 heterocycles. The van der Waals surface area contributed by atoms with E-state index in [1.54, 1.807) is 0 Å². The Morgan fingerprint density at radius 1 is 1.29 bits per heavy atom. The van der Waals surface area contributed by atoms with E-state index in [9.17, 15) is 0 Å². The monoisotopic (exact) mass is 254 g/mol. The Bertz CT molecular complexity index is 350. The predicted molar refractivity (Wildman–Crippen MR) is 72.8 cm³/mol. The molecule has 2 rings (SSSR count). The maximum Gasteiger partial charge on any atom is 0.202 e. The lowest BCUT2D eigenvalue weighted by Gasteiger charge is -2.14. The van der Waals surface area contributed by atoms with E-state index in [2.05, 4.69) is 40.3 Å². The quantitative estimate of drug-likeness (QED) is 0.895. The zero-order valence-electron chi connectivity index (χ0n) is 11.0. The van der Waals surface area contributed by atoms with Gasteiger partial charge in [-0.1, -0.05) is 20.8 Å². The summed E-state index contributed by atoms with van der Waals surface area (Å²) in [5.74, 6) is 0.936. The average molecular weight is 254 g/mol. The van der Waals surface area contributed by atoms with Crippen LogP contribution in [-0.4, -0.2) is 40.4 Å². The van der Waals surface area contributed by atoms with Gasteiger partial charge < -0.3 is 10.2 Å². The summed E-state index contributed by atoms with van der Waals surface area (Å²) in [6, 6.07) is 0. The van der Waals surface area contributed by atoms with Gasteiger partial charge in [0.2, 0.25) is 5.13 Å². The first kappa shape index (κ1) is 12.8. The van der Waals surface area contributed by atoms with Crippen LogP contribution in [0, 0.1) is 0 Å². The van der Waals surface area contributed by atoms with E-state index >= 15 is 0 Å². The van der Waals surface area contributed by atoms with Crippen LogP contribution in [0.15, 0.2) is 0 Å². The third kappa shape index (κ3) is 3.64. The second kappa shape index (κ2) is 5.31. The van der Waals surface area contributed by atoms with Gasteiger partial charge in [0.25, 0.3) is 0 Å². The van der Waals surface area contributed by atoms with Gasteiger partial charge in [-0.2, -0.15) is 4.37 Å². The minimum Gasteiger partial charge on any atom is -0.359 e. The Hall–Kier alpha value is -0.680. The van der Waals surface area contributed by atoms with Gasteiger partial charge in [-0.15, -0.1) is 0 Å². The first-order valence-corrected chi connectivity index (χ1v) is 7.13. The van der Waals surface area contributed by atoms with E-state index in [0.717, 1.165) is 24.0 Å². The number of anilines is 1. The lowest BCUT2D eigenvalue weighted by molar-refractivity contribution is 0.352. The molecule has 5 heteroatoms. The molecule has 0 aromatic carbocycles. The molecule has 0 radical (unpaired) electrons. The van der Waals surface area contributed by atoms with Gasteiger partial charge in [-0.25, -0.2) is 4.98 Å². The van der Waals surface area contributed by atoms with Crippen molar-refractivity contribution in [3.05, 3.63) is 5.82 Å². The van der Waals surface area contributed by atoms with E-state index in [0.29, 0.717) is 0 Å². The molecule has 1 N–H and O–H groups in total. The van der Waals surface area contributed by atoms with Crippen LogP contribution in [0.5, 0.6) is 0 Å². The highest BCUT2D eigenvalue weighted by atomic mass is 32.1. The molecule has 1 aliphatic heterocycles. The van der Waals surface area contributed by atoms with Crippen molar-refractivity contribution in [1.82, 2.24) is 14.3 Å². The number of nitrogens with zero attached hydrogens (tertiary/aromatic N) is 3. The number of aromatic nitrogens is 2. The minimum absolute atomic E-state index is 0.0470. The van der Waals surface area contributed by atoms with Crippen molar-refractivity contribution in [2.24, 2.45) is 0 Å². The molecule has 0 bridgehead atoms. The SMILES string of the molecule is CC(C)(C)c1nsc(NCCN2CCCC2)n1. The van der Waals surface area contributed by atoms with Crippen LogP contribution in [0.4, 0.5) is 5.13 Å². The Kier molecular flexibility index (Phi) is 3.99. The van der Waals surface area contributed by atoms with Crippen LogP contribution in [0.25, 0.3) is 0 Å². The molecule has 0 spiro atoms. The van der Waals surface area contributed by atoms with Gasteiger partial charge in [-0.3, -0.25) is 0 Å². The first-order valence-electron chi connectivity index (χ1n) is 6.36. The number of nitrogens with one attached hydrogen (secondary N) is 1. The fourth-order valence-corrected chi connectivity index (χ4v) is 2.71. The predicted octanol–water partition coefficient (Wildman–Crippen LogP) is 2.34. The number of rotatable bonds is 4.